The third kappa shape index (κ3) is 3.04. The lowest BCUT2D eigenvalue weighted by molar-refractivity contribution is -0.132. The number of likely N-dealkylation sites (tertiary alicyclic amines) is 1. The largest absolute Gasteiger partial charge is 0.352 e. The van der Waals surface area contributed by atoms with Crippen molar-refractivity contribution in [2.24, 2.45) is 11.3 Å². The van der Waals surface area contributed by atoms with E-state index in [1.165, 1.54) is 0 Å². The quantitative estimate of drug-likeness (QED) is 0.766. The Morgan fingerprint density at radius 2 is 2.28 bits per heavy atom. The summed E-state index contributed by atoms with van der Waals surface area (Å²) < 4.78 is 0. The molecule has 0 aromatic heterocycles. The molecule has 3 atom stereocenters. The van der Waals surface area contributed by atoms with Gasteiger partial charge in [-0.3, -0.25) is 4.79 Å². The van der Waals surface area contributed by atoms with E-state index in [0.717, 1.165) is 45.4 Å². The summed E-state index contributed by atoms with van der Waals surface area (Å²) in [7, 11) is 2.15. The molecular formula is C14H27N3O. The average molecular weight is 253 g/mol. The Morgan fingerprint density at radius 1 is 1.50 bits per heavy atom. The third-order valence-corrected chi connectivity index (χ3v) is 4.57. The summed E-state index contributed by atoms with van der Waals surface area (Å²) >= 11 is 0. The van der Waals surface area contributed by atoms with Crippen molar-refractivity contribution < 1.29 is 4.79 Å². The maximum atomic E-state index is 12.5. The van der Waals surface area contributed by atoms with E-state index in [1.807, 2.05) is 0 Å². The van der Waals surface area contributed by atoms with Gasteiger partial charge in [0.2, 0.25) is 5.91 Å². The Bertz CT molecular complexity index is 299. The van der Waals surface area contributed by atoms with Gasteiger partial charge < -0.3 is 15.5 Å². The first-order chi connectivity index (χ1) is 8.51. The van der Waals surface area contributed by atoms with E-state index in [0.29, 0.717) is 12.0 Å². The molecule has 0 spiro atoms. The summed E-state index contributed by atoms with van der Waals surface area (Å²) in [5, 5.41) is 6.64. The van der Waals surface area contributed by atoms with Crippen LogP contribution in [-0.4, -0.2) is 50.1 Å². The lowest BCUT2D eigenvalue weighted by Crippen LogP contribution is -2.55. The van der Waals surface area contributed by atoms with Crippen molar-refractivity contribution in [3.8, 4) is 0 Å². The van der Waals surface area contributed by atoms with E-state index in [2.05, 4.69) is 36.4 Å². The van der Waals surface area contributed by atoms with Crippen LogP contribution in [0.4, 0.5) is 0 Å². The van der Waals surface area contributed by atoms with Crippen LogP contribution in [0, 0.1) is 11.3 Å². The molecule has 2 aliphatic heterocycles. The van der Waals surface area contributed by atoms with Crippen molar-refractivity contribution in [2.45, 2.75) is 39.2 Å². The highest BCUT2D eigenvalue weighted by atomic mass is 16.2. The summed E-state index contributed by atoms with van der Waals surface area (Å²) in [6.07, 6.45) is 3.19. The smallest absolute Gasteiger partial charge is 0.227 e. The van der Waals surface area contributed by atoms with E-state index >= 15 is 0 Å². The van der Waals surface area contributed by atoms with Crippen LogP contribution < -0.4 is 10.6 Å². The number of carbonyl (C=O) groups is 1. The van der Waals surface area contributed by atoms with Gasteiger partial charge in [-0.1, -0.05) is 6.92 Å². The van der Waals surface area contributed by atoms with Crippen LogP contribution >= 0.6 is 0 Å². The van der Waals surface area contributed by atoms with Crippen molar-refractivity contribution in [3.63, 3.8) is 0 Å². The number of rotatable bonds is 2. The Hall–Kier alpha value is -0.610. The Kier molecular flexibility index (Phi) is 4.28. The molecule has 1 amide bonds. The molecule has 0 aromatic carbocycles. The molecule has 2 saturated heterocycles. The zero-order chi connectivity index (χ0) is 13.2. The van der Waals surface area contributed by atoms with Gasteiger partial charge in [0.15, 0.2) is 0 Å². The molecule has 2 aliphatic rings. The lowest BCUT2D eigenvalue weighted by atomic mass is 9.81. The number of nitrogens with zero attached hydrogens (tertiary/aromatic N) is 1. The summed E-state index contributed by atoms with van der Waals surface area (Å²) in [4.78, 5) is 14.8. The Morgan fingerprint density at radius 3 is 2.89 bits per heavy atom. The zero-order valence-electron chi connectivity index (χ0n) is 12.0. The van der Waals surface area contributed by atoms with Gasteiger partial charge in [-0.25, -0.2) is 0 Å². The molecule has 2 fully saturated rings. The van der Waals surface area contributed by atoms with Gasteiger partial charge in [0, 0.05) is 19.1 Å². The topological polar surface area (TPSA) is 44.4 Å². The molecule has 0 aromatic rings. The van der Waals surface area contributed by atoms with Crippen molar-refractivity contribution >= 4 is 5.91 Å². The third-order valence-electron chi connectivity index (χ3n) is 4.57. The van der Waals surface area contributed by atoms with Gasteiger partial charge in [-0.15, -0.1) is 0 Å². The zero-order valence-corrected chi connectivity index (χ0v) is 12.0. The number of amides is 1. The second-order valence-corrected chi connectivity index (χ2v) is 6.45. The van der Waals surface area contributed by atoms with Crippen LogP contribution in [0.5, 0.6) is 0 Å². The molecular weight excluding hydrogens is 226 g/mol. The molecule has 4 nitrogen and oxygen atoms in total. The van der Waals surface area contributed by atoms with Gasteiger partial charge in [0.25, 0.3) is 0 Å². The number of hydrogen-bond acceptors (Lipinski definition) is 3. The van der Waals surface area contributed by atoms with Crippen LogP contribution in [0.15, 0.2) is 0 Å². The molecule has 0 radical (unpaired) electrons. The number of carbonyl (C=O) groups excluding carboxylic acids is 1. The normalized spacial score (nSPS) is 38.4. The van der Waals surface area contributed by atoms with Crippen molar-refractivity contribution in [3.05, 3.63) is 0 Å². The van der Waals surface area contributed by atoms with Gasteiger partial charge in [0.1, 0.15) is 0 Å². The van der Waals surface area contributed by atoms with E-state index in [-0.39, 0.29) is 11.3 Å². The lowest BCUT2D eigenvalue weighted by Gasteiger charge is -2.39. The van der Waals surface area contributed by atoms with Gasteiger partial charge in [0.05, 0.1) is 5.41 Å². The molecule has 0 saturated carbocycles. The van der Waals surface area contributed by atoms with Gasteiger partial charge >= 0.3 is 0 Å². The summed E-state index contributed by atoms with van der Waals surface area (Å²) in [6, 6.07) is 0.354. The van der Waals surface area contributed by atoms with E-state index in [4.69, 9.17) is 0 Å². The van der Waals surface area contributed by atoms with Crippen molar-refractivity contribution in [1.29, 1.82) is 0 Å². The molecule has 0 bridgehead atoms. The fourth-order valence-corrected chi connectivity index (χ4v) is 3.16. The second kappa shape index (κ2) is 5.57. The predicted molar refractivity (Wildman–Crippen MR) is 73.4 cm³/mol. The standard InChI is InChI=1S/C14H27N3O/c1-11-9-17(3)8-5-12(11)16-13(18)14(2)6-4-7-15-10-14/h11-12,15H,4-10H2,1-3H3,(H,16,18). The molecule has 2 rings (SSSR count). The van der Waals surface area contributed by atoms with E-state index in [9.17, 15) is 4.79 Å². The van der Waals surface area contributed by atoms with E-state index in [1.54, 1.807) is 0 Å². The Labute approximate surface area is 110 Å². The monoisotopic (exact) mass is 253 g/mol. The first-order valence-electron chi connectivity index (χ1n) is 7.21. The van der Waals surface area contributed by atoms with Crippen molar-refractivity contribution in [2.75, 3.05) is 33.2 Å². The highest BCUT2D eigenvalue weighted by molar-refractivity contribution is 5.83. The maximum absolute atomic E-state index is 12.5. The van der Waals surface area contributed by atoms with Crippen LogP contribution in [0.1, 0.15) is 33.1 Å². The maximum Gasteiger partial charge on any atom is 0.227 e. The fraction of sp³-hybridized carbons (Fsp3) is 0.929. The molecule has 0 aliphatic carbocycles. The number of hydrogen-bond donors (Lipinski definition) is 2. The molecule has 2 N–H and O–H groups in total. The molecule has 2 heterocycles. The number of piperidine rings is 2. The SMILES string of the molecule is CC1CN(C)CCC1NC(=O)C1(C)CCCNC1. The summed E-state index contributed by atoms with van der Waals surface area (Å²) in [6.45, 7) is 8.37. The molecule has 3 unspecified atom stereocenters. The number of nitrogens with one attached hydrogen (secondary N) is 2. The molecule has 4 heteroatoms. The van der Waals surface area contributed by atoms with E-state index < -0.39 is 0 Å². The average Bonchev–Trinajstić information content (AvgIpc) is 2.33. The van der Waals surface area contributed by atoms with Crippen LogP contribution in [-0.2, 0) is 4.79 Å². The minimum Gasteiger partial charge on any atom is -0.352 e. The van der Waals surface area contributed by atoms with Crippen molar-refractivity contribution in [1.82, 2.24) is 15.5 Å². The fourth-order valence-electron chi connectivity index (χ4n) is 3.16. The second-order valence-electron chi connectivity index (χ2n) is 6.45. The van der Waals surface area contributed by atoms with Gasteiger partial charge in [-0.2, -0.15) is 0 Å². The van der Waals surface area contributed by atoms with Crippen LogP contribution in [0.25, 0.3) is 0 Å². The molecule has 18 heavy (non-hydrogen) atoms. The molecule has 104 valence electrons. The minimum absolute atomic E-state index is 0.207. The summed E-state index contributed by atoms with van der Waals surface area (Å²) in [5.74, 6) is 0.795. The first-order valence-corrected chi connectivity index (χ1v) is 7.21. The first kappa shape index (κ1) is 13.8. The van der Waals surface area contributed by atoms with Crippen LogP contribution in [0.3, 0.4) is 0 Å². The Balaban J connectivity index is 1.90. The van der Waals surface area contributed by atoms with Crippen LogP contribution in [0.2, 0.25) is 0 Å². The van der Waals surface area contributed by atoms with Gasteiger partial charge in [-0.05, 0) is 52.2 Å². The summed E-state index contributed by atoms with van der Waals surface area (Å²) in [5.41, 5.74) is -0.207. The highest BCUT2D eigenvalue weighted by Gasteiger charge is 2.37. The highest BCUT2D eigenvalue weighted by Crippen LogP contribution is 2.26. The minimum atomic E-state index is -0.207. The predicted octanol–water partition coefficient (Wildman–Crippen LogP) is 0.833.